The molecular weight excluding hydrogens is 308 g/mol. The van der Waals surface area contributed by atoms with E-state index in [2.05, 4.69) is 11.8 Å². The summed E-state index contributed by atoms with van der Waals surface area (Å²) < 4.78 is 1.74. The minimum absolute atomic E-state index is 0.0525. The van der Waals surface area contributed by atoms with E-state index in [1.54, 1.807) is 4.57 Å². The van der Waals surface area contributed by atoms with E-state index in [0.717, 1.165) is 37.3 Å². The molecule has 128 valence electrons. The van der Waals surface area contributed by atoms with Crippen LogP contribution in [-0.4, -0.2) is 27.5 Å². The van der Waals surface area contributed by atoms with Crippen LogP contribution >= 0.6 is 11.3 Å². The zero-order chi connectivity index (χ0) is 16.4. The van der Waals surface area contributed by atoms with Gasteiger partial charge >= 0.3 is 4.87 Å². The van der Waals surface area contributed by atoms with Gasteiger partial charge in [0.1, 0.15) is 0 Å². The molecule has 23 heavy (non-hydrogen) atoms. The lowest BCUT2D eigenvalue weighted by atomic mass is 9.83. The third-order valence-corrected chi connectivity index (χ3v) is 6.42. The zero-order valence-corrected chi connectivity index (χ0v) is 15.1. The van der Waals surface area contributed by atoms with Crippen molar-refractivity contribution in [2.24, 2.45) is 5.92 Å². The lowest BCUT2D eigenvalue weighted by molar-refractivity contribution is -0.135. The van der Waals surface area contributed by atoms with Crippen molar-refractivity contribution in [3.05, 3.63) is 20.7 Å². The van der Waals surface area contributed by atoms with Gasteiger partial charge in [0.2, 0.25) is 5.91 Å². The molecule has 0 atom stereocenters. The fraction of sp³-hybridized carbons (Fsp3) is 0.778. The van der Waals surface area contributed by atoms with E-state index in [1.165, 1.54) is 30.6 Å². The van der Waals surface area contributed by atoms with Crippen molar-refractivity contribution in [1.29, 1.82) is 0 Å². The normalized spacial score (nSPS) is 24.6. The average molecular weight is 337 g/mol. The van der Waals surface area contributed by atoms with Gasteiger partial charge in [-0.05, 0) is 51.4 Å². The van der Waals surface area contributed by atoms with Crippen molar-refractivity contribution >= 4 is 17.2 Å². The molecule has 0 spiro atoms. The van der Waals surface area contributed by atoms with E-state index in [1.807, 2.05) is 12.3 Å². The summed E-state index contributed by atoms with van der Waals surface area (Å²) in [5.41, 5.74) is 0.967. The van der Waals surface area contributed by atoms with Gasteiger partial charge in [0.05, 0.1) is 0 Å². The van der Waals surface area contributed by atoms with Gasteiger partial charge in [-0.1, -0.05) is 24.7 Å². The molecule has 0 aliphatic heterocycles. The summed E-state index contributed by atoms with van der Waals surface area (Å²) in [6.45, 7) is 4.74. The summed E-state index contributed by atoms with van der Waals surface area (Å²) in [6, 6.07) is 0.920. The Balaban J connectivity index is 1.60. The second-order valence-electron chi connectivity index (χ2n) is 7.16. The average Bonchev–Trinajstić information content (AvgIpc) is 3.33. The fourth-order valence-corrected chi connectivity index (χ4v) is 4.66. The Morgan fingerprint density at radius 2 is 1.83 bits per heavy atom. The Morgan fingerprint density at radius 1 is 1.22 bits per heavy atom. The van der Waals surface area contributed by atoms with Crippen LogP contribution in [0.3, 0.4) is 0 Å². The highest BCUT2D eigenvalue weighted by Gasteiger charge is 2.38. The molecule has 5 heteroatoms. The van der Waals surface area contributed by atoms with E-state index < -0.39 is 0 Å². The monoisotopic (exact) mass is 336 g/mol. The summed E-state index contributed by atoms with van der Waals surface area (Å²) >= 11 is 1.22. The number of amides is 1. The minimum atomic E-state index is 0.0525. The Hall–Kier alpha value is -1.10. The van der Waals surface area contributed by atoms with Crippen molar-refractivity contribution in [2.45, 2.75) is 83.8 Å². The predicted octanol–water partition coefficient (Wildman–Crippen LogP) is 3.57. The van der Waals surface area contributed by atoms with Crippen LogP contribution in [0, 0.1) is 12.8 Å². The lowest BCUT2D eigenvalue weighted by Gasteiger charge is -2.37. The van der Waals surface area contributed by atoms with Crippen molar-refractivity contribution in [2.75, 3.05) is 0 Å². The molecule has 1 heterocycles. The molecule has 1 aromatic heterocycles. The van der Waals surface area contributed by atoms with Crippen molar-refractivity contribution in [3.8, 4) is 0 Å². The number of hydrogen-bond donors (Lipinski definition) is 0. The smallest absolute Gasteiger partial charge is 0.307 e. The highest BCUT2D eigenvalue weighted by Crippen LogP contribution is 2.36. The Bertz CT molecular complexity index is 594. The second-order valence-corrected chi connectivity index (χ2v) is 7.98. The van der Waals surface area contributed by atoms with Crippen LogP contribution in [0.1, 0.15) is 64.0 Å². The molecule has 0 unspecified atom stereocenters. The Labute approximate surface area is 142 Å². The molecule has 3 rings (SSSR count). The summed E-state index contributed by atoms with van der Waals surface area (Å²) in [5, 5.41) is 1.87. The van der Waals surface area contributed by atoms with Crippen LogP contribution < -0.4 is 4.87 Å². The Morgan fingerprint density at radius 3 is 2.30 bits per heavy atom. The van der Waals surface area contributed by atoms with Crippen LogP contribution in [0.15, 0.2) is 10.2 Å². The first kappa shape index (κ1) is 16.7. The van der Waals surface area contributed by atoms with Gasteiger partial charge in [0, 0.05) is 36.1 Å². The van der Waals surface area contributed by atoms with Crippen molar-refractivity contribution in [1.82, 2.24) is 9.47 Å². The third kappa shape index (κ3) is 3.87. The maximum Gasteiger partial charge on any atom is 0.307 e. The van der Waals surface area contributed by atoms with E-state index in [9.17, 15) is 9.59 Å². The van der Waals surface area contributed by atoms with Gasteiger partial charge in [-0.3, -0.25) is 9.59 Å². The number of carbonyl (C=O) groups is 1. The predicted molar refractivity (Wildman–Crippen MR) is 93.8 cm³/mol. The van der Waals surface area contributed by atoms with Gasteiger partial charge in [0.25, 0.3) is 0 Å². The summed E-state index contributed by atoms with van der Waals surface area (Å²) in [4.78, 5) is 26.8. The van der Waals surface area contributed by atoms with Gasteiger partial charge in [0.15, 0.2) is 0 Å². The first-order valence-corrected chi connectivity index (χ1v) is 9.94. The van der Waals surface area contributed by atoms with Gasteiger partial charge < -0.3 is 9.47 Å². The van der Waals surface area contributed by atoms with Crippen LogP contribution in [0.5, 0.6) is 0 Å². The first-order chi connectivity index (χ1) is 11.1. The van der Waals surface area contributed by atoms with E-state index in [4.69, 9.17) is 0 Å². The van der Waals surface area contributed by atoms with Crippen LogP contribution in [0.4, 0.5) is 0 Å². The SMILES string of the molecule is CCC1CCC(N(C(=O)CCn2c(C)csc2=O)C2CC2)CC1. The lowest BCUT2D eigenvalue weighted by Crippen LogP contribution is -2.44. The maximum absolute atomic E-state index is 12.8. The number of thiazole rings is 1. The Kier molecular flexibility index (Phi) is 5.24. The molecule has 0 radical (unpaired) electrons. The van der Waals surface area contributed by atoms with Crippen LogP contribution in [-0.2, 0) is 11.3 Å². The number of aromatic nitrogens is 1. The molecule has 1 amide bonds. The molecule has 2 aliphatic rings. The summed E-state index contributed by atoms with van der Waals surface area (Å²) in [7, 11) is 0. The maximum atomic E-state index is 12.8. The fourth-order valence-electron chi connectivity index (χ4n) is 3.90. The number of aryl methyl sites for hydroxylation is 1. The summed E-state index contributed by atoms with van der Waals surface area (Å²) in [6.07, 6.45) is 8.91. The largest absolute Gasteiger partial charge is 0.337 e. The quantitative estimate of drug-likeness (QED) is 0.797. The van der Waals surface area contributed by atoms with Gasteiger partial charge in [-0.15, -0.1) is 0 Å². The molecule has 0 saturated heterocycles. The number of rotatable bonds is 6. The zero-order valence-electron chi connectivity index (χ0n) is 14.3. The molecule has 2 aliphatic carbocycles. The van der Waals surface area contributed by atoms with E-state index >= 15 is 0 Å². The second kappa shape index (κ2) is 7.20. The van der Waals surface area contributed by atoms with E-state index in [-0.39, 0.29) is 10.8 Å². The minimum Gasteiger partial charge on any atom is -0.337 e. The highest BCUT2D eigenvalue weighted by molar-refractivity contribution is 7.07. The standard InChI is InChI=1S/C18H28N2O2S/c1-3-14-4-6-15(7-5-14)20(16-8-9-16)17(21)10-11-19-13(2)12-23-18(19)22/h12,14-16H,3-11H2,1-2H3. The topological polar surface area (TPSA) is 42.3 Å². The number of hydrogen-bond acceptors (Lipinski definition) is 3. The van der Waals surface area contributed by atoms with Crippen LogP contribution in [0.25, 0.3) is 0 Å². The molecular formula is C18H28N2O2S. The van der Waals surface area contributed by atoms with Gasteiger partial charge in [-0.2, -0.15) is 0 Å². The van der Waals surface area contributed by atoms with Crippen molar-refractivity contribution in [3.63, 3.8) is 0 Å². The molecule has 2 fully saturated rings. The summed E-state index contributed by atoms with van der Waals surface area (Å²) in [5.74, 6) is 1.11. The molecule has 0 N–H and O–H groups in total. The molecule has 0 bridgehead atoms. The van der Waals surface area contributed by atoms with Crippen LogP contribution in [0.2, 0.25) is 0 Å². The third-order valence-electron chi connectivity index (χ3n) is 5.54. The molecule has 4 nitrogen and oxygen atoms in total. The van der Waals surface area contributed by atoms with Gasteiger partial charge in [-0.25, -0.2) is 0 Å². The molecule has 0 aromatic carbocycles. The molecule has 2 saturated carbocycles. The molecule has 1 aromatic rings. The first-order valence-electron chi connectivity index (χ1n) is 9.06. The number of carbonyl (C=O) groups excluding carboxylic acids is 1. The van der Waals surface area contributed by atoms with Crippen molar-refractivity contribution < 1.29 is 4.79 Å². The number of nitrogens with zero attached hydrogens (tertiary/aromatic N) is 2. The van der Waals surface area contributed by atoms with E-state index in [0.29, 0.717) is 25.0 Å². The highest BCUT2D eigenvalue weighted by atomic mass is 32.1.